The maximum atomic E-state index is 13.7. The van der Waals surface area contributed by atoms with Crippen molar-refractivity contribution >= 4 is 16.6 Å². The SMILES string of the molecule is CC1=CCN(CCNc2ccnc3c(F)cc(F)cc23)CC1. The van der Waals surface area contributed by atoms with E-state index in [-0.39, 0.29) is 5.52 Å². The lowest BCUT2D eigenvalue weighted by Gasteiger charge is -2.25. The molecule has 0 fully saturated rings. The molecule has 1 aliphatic rings. The van der Waals surface area contributed by atoms with Gasteiger partial charge < -0.3 is 5.32 Å². The van der Waals surface area contributed by atoms with E-state index in [4.69, 9.17) is 0 Å². The van der Waals surface area contributed by atoms with Crippen LogP contribution in [-0.4, -0.2) is 36.1 Å². The molecule has 0 atom stereocenters. The van der Waals surface area contributed by atoms with Crippen molar-refractivity contribution in [3.8, 4) is 0 Å². The summed E-state index contributed by atoms with van der Waals surface area (Å²) in [4.78, 5) is 6.34. The molecule has 0 saturated carbocycles. The van der Waals surface area contributed by atoms with Crippen LogP contribution >= 0.6 is 0 Å². The number of rotatable bonds is 4. The highest BCUT2D eigenvalue weighted by molar-refractivity contribution is 5.91. The molecular weight excluding hydrogens is 284 g/mol. The normalized spacial score (nSPS) is 15.9. The van der Waals surface area contributed by atoms with Gasteiger partial charge in [-0.1, -0.05) is 11.6 Å². The summed E-state index contributed by atoms with van der Waals surface area (Å²) in [5, 5.41) is 3.75. The average molecular weight is 303 g/mol. The Hall–Kier alpha value is -2.01. The van der Waals surface area contributed by atoms with Crippen LogP contribution in [0.15, 0.2) is 36.0 Å². The molecule has 22 heavy (non-hydrogen) atoms. The van der Waals surface area contributed by atoms with Crippen molar-refractivity contribution in [1.29, 1.82) is 0 Å². The summed E-state index contributed by atoms with van der Waals surface area (Å²) in [7, 11) is 0. The number of fused-ring (bicyclic) bond motifs is 1. The third-order valence-corrected chi connectivity index (χ3v) is 4.03. The standard InChI is InChI=1S/C17H19F2N3/c1-12-3-7-22(8-4-12)9-6-20-16-2-5-21-17-14(16)10-13(18)11-15(17)19/h2-3,5,10-11H,4,6-9H2,1H3,(H,20,21). The Labute approximate surface area is 128 Å². The van der Waals surface area contributed by atoms with E-state index in [0.717, 1.165) is 38.7 Å². The molecule has 0 spiro atoms. The first-order valence-electron chi connectivity index (χ1n) is 7.49. The molecule has 3 nitrogen and oxygen atoms in total. The van der Waals surface area contributed by atoms with Gasteiger partial charge in [-0.05, 0) is 25.5 Å². The van der Waals surface area contributed by atoms with Gasteiger partial charge in [0.1, 0.15) is 11.3 Å². The first-order valence-corrected chi connectivity index (χ1v) is 7.49. The fourth-order valence-electron chi connectivity index (χ4n) is 2.70. The van der Waals surface area contributed by atoms with Gasteiger partial charge >= 0.3 is 0 Å². The van der Waals surface area contributed by atoms with Crippen molar-refractivity contribution in [2.24, 2.45) is 0 Å². The highest BCUT2D eigenvalue weighted by Gasteiger charge is 2.11. The van der Waals surface area contributed by atoms with Gasteiger partial charge in [-0.2, -0.15) is 0 Å². The Morgan fingerprint density at radius 1 is 1.32 bits per heavy atom. The fourth-order valence-corrected chi connectivity index (χ4v) is 2.70. The van der Waals surface area contributed by atoms with E-state index < -0.39 is 11.6 Å². The molecule has 0 radical (unpaired) electrons. The Morgan fingerprint density at radius 2 is 2.18 bits per heavy atom. The maximum Gasteiger partial charge on any atom is 0.152 e. The van der Waals surface area contributed by atoms with E-state index in [1.807, 2.05) is 0 Å². The quantitative estimate of drug-likeness (QED) is 0.875. The highest BCUT2D eigenvalue weighted by atomic mass is 19.1. The van der Waals surface area contributed by atoms with Crippen LogP contribution in [0.4, 0.5) is 14.5 Å². The molecule has 0 amide bonds. The van der Waals surface area contributed by atoms with Crippen LogP contribution in [-0.2, 0) is 0 Å². The minimum absolute atomic E-state index is 0.197. The van der Waals surface area contributed by atoms with Crippen LogP contribution in [0.5, 0.6) is 0 Å². The molecular formula is C17H19F2N3. The number of pyridine rings is 1. The number of hydrogen-bond acceptors (Lipinski definition) is 3. The zero-order valence-electron chi connectivity index (χ0n) is 12.6. The molecule has 116 valence electrons. The second-order valence-corrected chi connectivity index (χ2v) is 5.67. The number of hydrogen-bond donors (Lipinski definition) is 1. The Bertz CT molecular complexity index is 712. The summed E-state index contributed by atoms with van der Waals surface area (Å²) < 4.78 is 27.1. The smallest absolute Gasteiger partial charge is 0.152 e. The summed E-state index contributed by atoms with van der Waals surface area (Å²) in [6.45, 7) is 5.80. The molecule has 0 unspecified atom stereocenters. The number of aromatic nitrogens is 1. The monoisotopic (exact) mass is 303 g/mol. The summed E-state index contributed by atoms with van der Waals surface area (Å²) in [5.41, 5.74) is 2.35. The third kappa shape index (κ3) is 3.25. The van der Waals surface area contributed by atoms with E-state index >= 15 is 0 Å². The van der Waals surface area contributed by atoms with Gasteiger partial charge in [-0.25, -0.2) is 8.78 Å². The lowest BCUT2D eigenvalue weighted by molar-refractivity contribution is 0.305. The summed E-state index contributed by atoms with van der Waals surface area (Å²) in [6.07, 6.45) is 4.89. The van der Waals surface area contributed by atoms with Gasteiger partial charge in [0.2, 0.25) is 0 Å². The average Bonchev–Trinajstić information content (AvgIpc) is 2.50. The van der Waals surface area contributed by atoms with Crippen molar-refractivity contribution in [3.63, 3.8) is 0 Å². The van der Waals surface area contributed by atoms with Gasteiger partial charge in [0.15, 0.2) is 5.82 Å². The number of benzene rings is 1. The molecule has 0 aliphatic carbocycles. The Kier molecular flexibility index (Phi) is 4.34. The van der Waals surface area contributed by atoms with Gasteiger partial charge in [0.25, 0.3) is 0 Å². The topological polar surface area (TPSA) is 28.2 Å². The molecule has 2 aromatic rings. The van der Waals surface area contributed by atoms with Crippen LogP contribution < -0.4 is 5.32 Å². The molecule has 5 heteroatoms. The van der Waals surface area contributed by atoms with Gasteiger partial charge in [0, 0.05) is 49.5 Å². The molecule has 1 N–H and O–H groups in total. The summed E-state index contributed by atoms with van der Waals surface area (Å²) >= 11 is 0. The van der Waals surface area contributed by atoms with Gasteiger partial charge in [-0.3, -0.25) is 9.88 Å². The van der Waals surface area contributed by atoms with Crippen LogP contribution in [0.2, 0.25) is 0 Å². The molecule has 0 bridgehead atoms. The zero-order chi connectivity index (χ0) is 15.5. The van der Waals surface area contributed by atoms with Gasteiger partial charge in [-0.15, -0.1) is 0 Å². The van der Waals surface area contributed by atoms with Crippen LogP contribution in [0, 0.1) is 11.6 Å². The molecule has 3 rings (SSSR count). The summed E-state index contributed by atoms with van der Waals surface area (Å²) in [5.74, 6) is -1.21. The predicted octanol–water partition coefficient (Wildman–Crippen LogP) is 3.58. The van der Waals surface area contributed by atoms with Crippen molar-refractivity contribution in [2.45, 2.75) is 13.3 Å². The molecule has 1 aromatic heterocycles. The minimum Gasteiger partial charge on any atom is -0.383 e. The zero-order valence-corrected chi connectivity index (χ0v) is 12.6. The van der Waals surface area contributed by atoms with Crippen molar-refractivity contribution in [1.82, 2.24) is 9.88 Å². The molecule has 2 heterocycles. The van der Waals surface area contributed by atoms with Crippen LogP contribution in [0.1, 0.15) is 13.3 Å². The third-order valence-electron chi connectivity index (χ3n) is 4.03. The number of nitrogens with one attached hydrogen (secondary N) is 1. The number of halogens is 2. The number of anilines is 1. The van der Waals surface area contributed by atoms with Gasteiger partial charge in [0.05, 0.1) is 0 Å². The van der Waals surface area contributed by atoms with Crippen LogP contribution in [0.3, 0.4) is 0 Å². The molecule has 1 aliphatic heterocycles. The lowest BCUT2D eigenvalue weighted by atomic mass is 10.1. The number of nitrogens with zero attached hydrogens (tertiary/aromatic N) is 2. The molecule has 1 aromatic carbocycles. The van der Waals surface area contributed by atoms with Crippen LogP contribution in [0.25, 0.3) is 10.9 Å². The summed E-state index contributed by atoms with van der Waals surface area (Å²) in [6, 6.07) is 3.93. The van der Waals surface area contributed by atoms with Crippen molar-refractivity contribution in [2.75, 3.05) is 31.5 Å². The predicted molar refractivity (Wildman–Crippen MR) is 85.0 cm³/mol. The van der Waals surface area contributed by atoms with E-state index in [1.165, 1.54) is 11.6 Å². The maximum absolute atomic E-state index is 13.7. The second kappa shape index (κ2) is 6.40. The Balaban J connectivity index is 1.69. The van der Waals surface area contributed by atoms with E-state index in [2.05, 4.69) is 28.2 Å². The highest BCUT2D eigenvalue weighted by Crippen LogP contribution is 2.24. The Morgan fingerprint density at radius 3 is 2.95 bits per heavy atom. The van der Waals surface area contributed by atoms with E-state index in [1.54, 1.807) is 12.3 Å². The molecule has 0 saturated heterocycles. The van der Waals surface area contributed by atoms with Crippen molar-refractivity contribution in [3.05, 3.63) is 47.7 Å². The lowest BCUT2D eigenvalue weighted by Crippen LogP contribution is -2.32. The van der Waals surface area contributed by atoms with E-state index in [0.29, 0.717) is 11.1 Å². The fraction of sp³-hybridized carbons (Fsp3) is 0.353. The minimum atomic E-state index is -0.629. The largest absolute Gasteiger partial charge is 0.383 e. The first-order chi connectivity index (χ1) is 10.6. The van der Waals surface area contributed by atoms with Crippen molar-refractivity contribution < 1.29 is 8.78 Å². The first kappa shape index (κ1) is 14.9. The van der Waals surface area contributed by atoms with E-state index in [9.17, 15) is 8.78 Å². The second-order valence-electron chi connectivity index (χ2n) is 5.67.